The number of nitro groups is 1. The number of alkyl halides is 3. The Morgan fingerprint density at radius 3 is 2.14 bits per heavy atom. The zero-order valence-corrected chi connectivity index (χ0v) is 19.1. The third kappa shape index (κ3) is 7.92. The van der Waals surface area contributed by atoms with Gasteiger partial charge in [0, 0.05) is 24.0 Å². The number of sulfonamides is 1. The lowest BCUT2D eigenvalue weighted by Crippen LogP contribution is -2.21. The predicted octanol–water partition coefficient (Wildman–Crippen LogP) is 4.33. The summed E-state index contributed by atoms with van der Waals surface area (Å²) in [5, 5.41) is 20.3. The maximum atomic E-state index is 12.4. The molecular weight excluding hydrogens is 533 g/mol. The first-order valence-corrected chi connectivity index (χ1v) is 11.2. The first kappa shape index (κ1) is 28.0. The Labute approximate surface area is 205 Å². The summed E-state index contributed by atoms with van der Waals surface area (Å²) in [6.07, 6.45) is -3.63. The number of non-ortho nitro benzene ring substituents is 1. The molecule has 1 aromatic heterocycles. The second-order valence-electron chi connectivity index (χ2n) is 6.52. The zero-order chi connectivity index (χ0) is 27.1. The SMILES string of the molecule is O=C(Nc1ccc(S(=O)(=O)Nc2ccccn2)cc1)c1ccc([N+](=O)[O-])cc1Cl.O=C(O)C(F)(F)F. The van der Waals surface area contributed by atoms with Crippen LogP contribution in [0.3, 0.4) is 0 Å². The van der Waals surface area contributed by atoms with E-state index in [1.54, 1.807) is 12.1 Å². The van der Waals surface area contributed by atoms with Gasteiger partial charge in [0.05, 0.1) is 20.4 Å². The molecule has 3 rings (SSSR count). The van der Waals surface area contributed by atoms with Crippen LogP contribution in [0, 0.1) is 10.1 Å². The fourth-order valence-corrected chi connectivity index (χ4v) is 3.61. The molecule has 0 bridgehead atoms. The number of carboxylic acids is 1. The van der Waals surface area contributed by atoms with Gasteiger partial charge < -0.3 is 10.4 Å². The molecule has 1 amide bonds. The molecule has 0 saturated carbocycles. The first-order valence-electron chi connectivity index (χ1n) is 9.30. The van der Waals surface area contributed by atoms with Crippen LogP contribution < -0.4 is 10.0 Å². The molecule has 0 spiro atoms. The van der Waals surface area contributed by atoms with Crippen LogP contribution in [0.1, 0.15) is 10.4 Å². The van der Waals surface area contributed by atoms with Crippen molar-refractivity contribution in [3.63, 3.8) is 0 Å². The van der Waals surface area contributed by atoms with E-state index in [9.17, 15) is 36.5 Å². The maximum absolute atomic E-state index is 12.4. The average molecular weight is 547 g/mol. The van der Waals surface area contributed by atoms with Crippen molar-refractivity contribution in [3.05, 3.63) is 87.6 Å². The summed E-state index contributed by atoms with van der Waals surface area (Å²) < 4.78 is 58.8. The van der Waals surface area contributed by atoms with E-state index in [0.717, 1.165) is 6.07 Å². The number of carbonyl (C=O) groups excluding carboxylic acids is 1. The van der Waals surface area contributed by atoms with Crippen LogP contribution in [0.2, 0.25) is 5.02 Å². The molecule has 11 nitrogen and oxygen atoms in total. The lowest BCUT2D eigenvalue weighted by Gasteiger charge is -2.09. The van der Waals surface area contributed by atoms with Crippen molar-refractivity contribution in [2.45, 2.75) is 11.1 Å². The van der Waals surface area contributed by atoms with E-state index in [0.29, 0.717) is 5.69 Å². The van der Waals surface area contributed by atoms with Crippen LogP contribution in [0.5, 0.6) is 0 Å². The number of pyridine rings is 1. The Morgan fingerprint density at radius 1 is 1.06 bits per heavy atom. The molecule has 190 valence electrons. The lowest BCUT2D eigenvalue weighted by atomic mass is 10.2. The molecule has 0 saturated heterocycles. The molecule has 0 aliphatic carbocycles. The number of carbonyl (C=O) groups is 2. The van der Waals surface area contributed by atoms with E-state index < -0.39 is 33.0 Å². The van der Waals surface area contributed by atoms with Crippen LogP contribution in [0.15, 0.2) is 71.8 Å². The summed E-state index contributed by atoms with van der Waals surface area (Å²) in [6, 6.07) is 13.8. The van der Waals surface area contributed by atoms with Crippen LogP contribution in [-0.2, 0) is 14.8 Å². The third-order valence-electron chi connectivity index (χ3n) is 3.98. The van der Waals surface area contributed by atoms with Crippen molar-refractivity contribution >= 4 is 50.7 Å². The molecule has 3 aromatic rings. The number of nitrogens with one attached hydrogen (secondary N) is 2. The predicted molar refractivity (Wildman–Crippen MR) is 121 cm³/mol. The van der Waals surface area contributed by atoms with E-state index in [1.807, 2.05) is 0 Å². The molecule has 0 unspecified atom stereocenters. The van der Waals surface area contributed by atoms with Gasteiger partial charge in [0.15, 0.2) is 0 Å². The second-order valence-corrected chi connectivity index (χ2v) is 8.61. The summed E-state index contributed by atoms with van der Waals surface area (Å²) in [4.78, 5) is 35.2. The van der Waals surface area contributed by atoms with Crippen molar-refractivity contribution < 1.29 is 41.2 Å². The minimum Gasteiger partial charge on any atom is -0.475 e. The number of hydrogen-bond acceptors (Lipinski definition) is 7. The highest BCUT2D eigenvalue weighted by molar-refractivity contribution is 7.92. The molecule has 0 aliphatic rings. The average Bonchev–Trinajstić information content (AvgIpc) is 2.79. The smallest absolute Gasteiger partial charge is 0.475 e. The number of amides is 1. The number of nitrogens with zero attached hydrogens (tertiary/aromatic N) is 2. The van der Waals surface area contributed by atoms with E-state index in [2.05, 4.69) is 15.0 Å². The normalized spacial score (nSPS) is 11.0. The lowest BCUT2D eigenvalue weighted by molar-refractivity contribution is -0.384. The van der Waals surface area contributed by atoms with E-state index in [4.69, 9.17) is 21.5 Å². The minimum absolute atomic E-state index is 0.0190. The standard InChI is InChI=1S/C18H13ClN4O5S.C2HF3O2/c19-16-11-13(23(25)26)6-9-15(16)18(24)21-12-4-7-14(8-5-12)29(27,28)22-17-3-1-2-10-20-17;3-2(4,5)1(6)7/h1-11H,(H,20,22)(H,21,24);(H,6,7). The number of rotatable bonds is 6. The Balaban J connectivity index is 0.000000572. The second kappa shape index (κ2) is 11.5. The van der Waals surface area contributed by atoms with Gasteiger partial charge in [-0.15, -0.1) is 0 Å². The third-order valence-corrected chi connectivity index (χ3v) is 5.66. The number of carboxylic acid groups (broad SMARTS) is 1. The molecule has 0 aliphatic heterocycles. The van der Waals surface area contributed by atoms with Gasteiger partial charge in [0.2, 0.25) is 0 Å². The van der Waals surface area contributed by atoms with Gasteiger partial charge in [-0.05, 0) is 42.5 Å². The van der Waals surface area contributed by atoms with Crippen LogP contribution >= 0.6 is 11.6 Å². The highest BCUT2D eigenvalue weighted by atomic mass is 35.5. The number of anilines is 2. The topological polar surface area (TPSA) is 169 Å². The summed E-state index contributed by atoms with van der Waals surface area (Å²) in [7, 11) is -3.84. The molecule has 0 fully saturated rings. The van der Waals surface area contributed by atoms with Crippen LogP contribution in [0.25, 0.3) is 0 Å². The molecule has 16 heteroatoms. The number of hydrogen-bond donors (Lipinski definition) is 3. The number of aromatic nitrogens is 1. The zero-order valence-electron chi connectivity index (χ0n) is 17.6. The first-order chi connectivity index (χ1) is 16.7. The van der Waals surface area contributed by atoms with Gasteiger partial charge in [0.25, 0.3) is 21.6 Å². The minimum atomic E-state index is -5.08. The largest absolute Gasteiger partial charge is 0.490 e. The van der Waals surface area contributed by atoms with Crippen molar-refractivity contribution in [3.8, 4) is 0 Å². The molecular formula is C20H14ClF3N4O7S. The molecule has 0 atom stereocenters. The van der Waals surface area contributed by atoms with Gasteiger partial charge in [-0.3, -0.25) is 19.6 Å². The van der Waals surface area contributed by atoms with Crippen molar-refractivity contribution in [2.24, 2.45) is 0 Å². The highest BCUT2D eigenvalue weighted by Gasteiger charge is 2.38. The van der Waals surface area contributed by atoms with E-state index in [1.165, 1.54) is 48.7 Å². The van der Waals surface area contributed by atoms with Gasteiger partial charge in [0.1, 0.15) is 5.82 Å². The Bertz CT molecular complexity index is 1370. The quantitative estimate of drug-likeness (QED) is 0.303. The number of benzene rings is 2. The van der Waals surface area contributed by atoms with Crippen molar-refractivity contribution in [1.29, 1.82) is 0 Å². The summed E-state index contributed by atoms with van der Waals surface area (Å²) in [5.74, 6) is -3.17. The number of aliphatic carboxylic acids is 1. The molecule has 3 N–H and O–H groups in total. The highest BCUT2D eigenvalue weighted by Crippen LogP contribution is 2.24. The van der Waals surface area contributed by atoms with Gasteiger partial charge in [-0.2, -0.15) is 13.2 Å². The molecule has 1 heterocycles. The van der Waals surface area contributed by atoms with E-state index >= 15 is 0 Å². The Kier molecular flexibility index (Phi) is 8.91. The fraction of sp³-hybridized carbons (Fsp3) is 0.0500. The van der Waals surface area contributed by atoms with Crippen molar-refractivity contribution in [2.75, 3.05) is 10.0 Å². The van der Waals surface area contributed by atoms with Crippen LogP contribution in [0.4, 0.5) is 30.4 Å². The van der Waals surface area contributed by atoms with Gasteiger partial charge in [-0.1, -0.05) is 17.7 Å². The Hall–Kier alpha value is -4.24. The van der Waals surface area contributed by atoms with Gasteiger partial charge in [-0.25, -0.2) is 18.2 Å². The molecule has 0 radical (unpaired) electrons. The molecule has 2 aromatic carbocycles. The van der Waals surface area contributed by atoms with Crippen LogP contribution in [-0.4, -0.2) is 41.5 Å². The maximum Gasteiger partial charge on any atom is 0.490 e. The molecule has 36 heavy (non-hydrogen) atoms. The monoisotopic (exact) mass is 546 g/mol. The van der Waals surface area contributed by atoms with Gasteiger partial charge >= 0.3 is 12.1 Å². The number of halogens is 4. The van der Waals surface area contributed by atoms with E-state index in [-0.39, 0.29) is 27.0 Å². The van der Waals surface area contributed by atoms with Crippen molar-refractivity contribution in [1.82, 2.24) is 4.98 Å². The summed E-state index contributed by atoms with van der Waals surface area (Å²) in [5.41, 5.74) is 0.133. The summed E-state index contributed by atoms with van der Waals surface area (Å²) in [6.45, 7) is 0. The summed E-state index contributed by atoms with van der Waals surface area (Å²) >= 11 is 5.94. The Morgan fingerprint density at radius 2 is 1.67 bits per heavy atom. The number of nitro benzene ring substituents is 1. The fourth-order valence-electron chi connectivity index (χ4n) is 2.34.